The summed E-state index contributed by atoms with van der Waals surface area (Å²) in [4.78, 5) is 15.6. The molecule has 0 radical (unpaired) electrons. The fourth-order valence-corrected chi connectivity index (χ4v) is 1.03. The first-order valence-electron chi connectivity index (χ1n) is 3.91. The molecule has 0 aliphatic carbocycles. The van der Waals surface area contributed by atoms with E-state index in [9.17, 15) is 4.79 Å². The molecule has 1 atom stereocenters. The molecule has 0 amide bonds. The SMILES string of the molecule is COC(=O)C(ON)c1ccc(O)cc1. The van der Waals surface area contributed by atoms with Crippen LogP contribution in [-0.4, -0.2) is 18.2 Å². The number of hydrogen-bond acceptors (Lipinski definition) is 5. The number of benzene rings is 1. The minimum absolute atomic E-state index is 0.106. The minimum atomic E-state index is -0.958. The first kappa shape index (κ1) is 10.5. The molecule has 0 saturated heterocycles. The lowest BCUT2D eigenvalue weighted by Gasteiger charge is -2.11. The van der Waals surface area contributed by atoms with Gasteiger partial charge in [-0.3, -0.25) is 4.84 Å². The van der Waals surface area contributed by atoms with E-state index in [-0.39, 0.29) is 5.75 Å². The normalized spacial score (nSPS) is 12.1. The van der Waals surface area contributed by atoms with Gasteiger partial charge in [-0.05, 0) is 17.7 Å². The minimum Gasteiger partial charge on any atom is -0.508 e. The molecule has 1 unspecified atom stereocenters. The van der Waals surface area contributed by atoms with Crippen LogP contribution < -0.4 is 5.90 Å². The summed E-state index contributed by atoms with van der Waals surface area (Å²) in [6.07, 6.45) is -0.958. The average molecular weight is 197 g/mol. The second-order valence-corrected chi connectivity index (χ2v) is 2.63. The number of nitrogens with two attached hydrogens (primary N) is 1. The molecule has 5 nitrogen and oxygen atoms in total. The van der Waals surface area contributed by atoms with Crippen LogP contribution in [0, 0.1) is 0 Å². The van der Waals surface area contributed by atoms with E-state index in [0.717, 1.165) is 0 Å². The van der Waals surface area contributed by atoms with Gasteiger partial charge in [0, 0.05) is 0 Å². The molecule has 0 heterocycles. The predicted molar refractivity (Wildman–Crippen MR) is 48.1 cm³/mol. The van der Waals surface area contributed by atoms with E-state index in [1.54, 1.807) is 0 Å². The summed E-state index contributed by atoms with van der Waals surface area (Å²) in [5.74, 6) is 4.48. The van der Waals surface area contributed by atoms with Crippen molar-refractivity contribution in [2.75, 3.05) is 7.11 Å². The number of hydrogen-bond donors (Lipinski definition) is 2. The molecule has 0 aliphatic rings. The average Bonchev–Trinajstić information content (AvgIpc) is 2.21. The van der Waals surface area contributed by atoms with E-state index in [1.165, 1.54) is 31.4 Å². The monoisotopic (exact) mass is 197 g/mol. The highest BCUT2D eigenvalue weighted by Gasteiger charge is 2.21. The van der Waals surface area contributed by atoms with Crippen LogP contribution in [0.2, 0.25) is 0 Å². The molecule has 76 valence electrons. The molecule has 0 aromatic heterocycles. The Bertz CT molecular complexity index is 309. The van der Waals surface area contributed by atoms with Crippen molar-refractivity contribution in [3.8, 4) is 5.75 Å². The number of phenolic OH excluding ortho intramolecular Hbond substituents is 1. The summed E-state index contributed by atoms with van der Waals surface area (Å²) >= 11 is 0. The first-order valence-corrected chi connectivity index (χ1v) is 3.91. The lowest BCUT2D eigenvalue weighted by molar-refractivity contribution is -0.155. The van der Waals surface area contributed by atoms with E-state index in [1.807, 2.05) is 0 Å². The van der Waals surface area contributed by atoms with Crippen LogP contribution in [0.1, 0.15) is 11.7 Å². The van der Waals surface area contributed by atoms with Crippen LogP contribution in [0.15, 0.2) is 24.3 Å². The molecular formula is C9H11NO4. The molecule has 0 bridgehead atoms. The standard InChI is InChI=1S/C9H11NO4/c1-13-9(12)8(14-10)6-2-4-7(11)5-3-6/h2-5,8,11H,10H2,1H3. The number of carbonyl (C=O) groups is 1. The van der Waals surface area contributed by atoms with Crippen molar-refractivity contribution < 1.29 is 19.5 Å². The Hall–Kier alpha value is -1.59. The van der Waals surface area contributed by atoms with Crippen molar-refractivity contribution in [3.05, 3.63) is 29.8 Å². The summed E-state index contributed by atoms with van der Waals surface area (Å²) < 4.78 is 4.48. The van der Waals surface area contributed by atoms with Gasteiger partial charge >= 0.3 is 5.97 Å². The summed E-state index contributed by atoms with van der Waals surface area (Å²) in [5.41, 5.74) is 0.525. The zero-order valence-corrected chi connectivity index (χ0v) is 7.64. The fraction of sp³-hybridized carbons (Fsp3) is 0.222. The summed E-state index contributed by atoms with van der Waals surface area (Å²) in [6, 6.07) is 5.93. The zero-order valence-electron chi connectivity index (χ0n) is 7.64. The number of rotatable bonds is 3. The van der Waals surface area contributed by atoms with Gasteiger partial charge in [0.25, 0.3) is 0 Å². The summed E-state index contributed by atoms with van der Waals surface area (Å²) in [7, 11) is 1.24. The second-order valence-electron chi connectivity index (χ2n) is 2.63. The highest BCUT2D eigenvalue weighted by molar-refractivity contribution is 5.76. The van der Waals surface area contributed by atoms with Crippen molar-refractivity contribution >= 4 is 5.97 Å². The second kappa shape index (κ2) is 4.59. The number of methoxy groups -OCH3 is 1. The van der Waals surface area contributed by atoms with E-state index < -0.39 is 12.1 Å². The van der Waals surface area contributed by atoms with Gasteiger partial charge in [-0.25, -0.2) is 10.7 Å². The van der Waals surface area contributed by atoms with Gasteiger partial charge in [0.05, 0.1) is 7.11 Å². The van der Waals surface area contributed by atoms with E-state index in [2.05, 4.69) is 9.57 Å². The topological polar surface area (TPSA) is 81.8 Å². The molecular weight excluding hydrogens is 186 g/mol. The van der Waals surface area contributed by atoms with E-state index >= 15 is 0 Å². The molecule has 0 aliphatic heterocycles. The van der Waals surface area contributed by atoms with Gasteiger partial charge in [-0.15, -0.1) is 0 Å². The van der Waals surface area contributed by atoms with Gasteiger partial charge in [-0.2, -0.15) is 0 Å². The Morgan fingerprint density at radius 3 is 2.43 bits per heavy atom. The third kappa shape index (κ3) is 2.21. The highest BCUT2D eigenvalue weighted by Crippen LogP contribution is 2.19. The molecule has 0 fully saturated rings. The number of aromatic hydroxyl groups is 1. The molecule has 3 N–H and O–H groups in total. The Morgan fingerprint density at radius 1 is 1.43 bits per heavy atom. The quantitative estimate of drug-likeness (QED) is 0.544. The van der Waals surface area contributed by atoms with Gasteiger partial charge in [0.2, 0.25) is 6.10 Å². The molecule has 1 rings (SSSR count). The maximum Gasteiger partial charge on any atom is 0.341 e. The molecule has 5 heteroatoms. The Labute approximate surface area is 81.0 Å². The van der Waals surface area contributed by atoms with Crippen LogP contribution in [0.4, 0.5) is 0 Å². The maximum absolute atomic E-state index is 11.1. The molecule has 1 aromatic rings. The number of phenols is 1. The third-order valence-corrected chi connectivity index (χ3v) is 1.75. The smallest absolute Gasteiger partial charge is 0.341 e. The molecule has 0 saturated carbocycles. The molecule has 0 spiro atoms. The highest BCUT2D eigenvalue weighted by atomic mass is 16.6. The van der Waals surface area contributed by atoms with Gasteiger partial charge in [0.1, 0.15) is 5.75 Å². The fourth-order valence-electron chi connectivity index (χ4n) is 1.03. The predicted octanol–water partition coefficient (Wildman–Crippen LogP) is 0.497. The zero-order chi connectivity index (χ0) is 10.6. The van der Waals surface area contributed by atoms with Gasteiger partial charge in [0.15, 0.2) is 0 Å². The Balaban J connectivity index is 2.89. The van der Waals surface area contributed by atoms with Crippen LogP contribution >= 0.6 is 0 Å². The largest absolute Gasteiger partial charge is 0.508 e. The lowest BCUT2D eigenvalue weighted by Crippen LogP contribution is -2.20. The first-order chi connectivity index (χ1) is 6.69. The van der Waals surface area contributed by atoms with Gasteiger partial charge in [-0.1, -0.05) is 12.1 Å². The maximum atomic E-state index is 11.1. The Morgan fingerprint density at radius 2 is 2.00 bits per heavy atom. The van der Waals surface area contributed by atoms with Crippen molar-refractivity contribution in [2.45, 2.75) is 6.10 Å². The van der Waals surface area contributed by atoms with Crippen molar-refractivity contribution in [3.63, 3.8) is 0 Å². The van der Waals surface area contributed by atoms with Gasteiger partial charge < -0.3 is 9.84 Å². The lowest BCUT2D eigenvalue weighted by atomic mass is 10.1. The van der Waals surface area contributed by atoms with Crippen molar-refractivity contribution in [1.82, 2.24) is 0 Å². The molecule has 1 aromatic carbocycles. The number of esters is 1. The van der Waals surface area contributed by atoms with Crippen molar-refractivity contribution in [2.24, 2.45) is 5.90 Å². The van der Waals surface area contributed by atoms with Crippen LogP contribution in [-0.2, 0) is 14.4 Å². The third-order valence-electron chi connectivity index (χ3n) is 1.75. The van der Waals surface area contributed by atoms with Crippen LogP contribution in [0.3, 0.4) is 0 Å². The summed E-state index contributed by atoms with van der Waals surface area (Å²) in [5, 5.41) is 9.02. The number of carbonyl (C=O) groups excluding carboxylic acids is 1. The van der Waals surface area contributed by atoms with E-state index in [0.29, 0.717) is 5.56 Å². The van der Waals surface area contributed by atoms with E-state index in [4.69, 9.17) is 11.0 Å². The molecule has 14 heavy (non-hydrogen) atoms. The summed E-state index contributed by atoms with van der Waals surface area (Å²) in [6.45, 7) is 0. The Kier molecular flexibility index (Phi) is 3.44. The van der Waals surface area contributed by atoms with Crippen LogP contribution in [0.5, 0.6) is 5.75 Å². The number of ether oxygens (including phenoxy) is 1. The van der Waals surface area contributed by atoms with Crippen LogP contribution in [0.25, 0.3) is 0 Å². The van der Waals surface area contributed by atoms with Crippen molar-refractivity contribution in [1.29, 1.82) is 0 Å².